The van der Waals surface area contributed by atoms with Crippen LogP contribution in [-0.4, -0.2) is 81.4 Å². The number of hydrogen-bond donors (Lipinski definition) is 4. The number of ketones is 4. The van der Waals surface area contributed by atoms with Crippen LogP contribution in [0.2, 0.25) is 0 Å². The molecule has 0 spiro atoms. The van der Waals surface area contributed by atoms with E-state index in [1.54, 1.807) is 0 Å². The molecular weight excluding hydrogens is 414 g/mol. The minimum Gasteiger partial charge on any atom is -0.393 e. The molecule has 31 heavy (non-hydrogen) atoms. The summed E-state index contributed by atoms with van der Waals surface area (Å²) < 4.78 is 6.48. The van der Waals surface area contributed by atoms with Gasteiger partial charge in [0.15, 0.2) is 40.2 Å². The van der Waals surface area contributed by atoms with Gasteiger partial charge in [-0.15, -0.1) is 0 Å². The number of ether oxygens (including phenoxy) is 1. The highest BCUT2D eigenvalue weighted by molar-refractivity contribution is 6.10. The topological polar surface area (TPSA) is 208 Å². The van der Waals surface area contributed by atoms with Crippen molar-refractivity contribution in [3.05, 3.63) is 12.7 Å². The fraction of sp³-hybridized carbons (Fsp3) is 0.500. The summed E-state index contributed by atoms with van der Waals surface area (Å²) in [5.41, 5.74) is -7.02. The highest BCUT2D eigenvalue weighted by Crippen LogP contribution is 2.57. The molecule has 2 aromatic heterocycles. The monoisotopic (exact) mass is 435 g/mol. The number of aliphatic hydroxyl groups excluding tert-OH is 1. The molecule has 1 fully saturated rings. The van der Waals surface area contributed by atoms with Crippen LogP contribution in [0.25, 0.3) is 11.2 Å². The van der Waals surface area contributed by atoms with Gasteiger partial charge in [0, 0.05) is 0 Å². The van der Waals surface area contributed by atoms with Gasteiger partial charge in [-0.2, -0.15) is 0 Å². The number of carbonyl (C=O) groups is 4. The Kier molecular flexibility index (Phi) is 4.86. The first kappa shape index (κ1) is 22.6. The number of rotatable bonds is 6. The lowest BCUT2D eigenvalue weighted by atomic mass is 9.64. The van der Waals surface area contributed by atoms with Crippen molar-refractivity contribution in [2.24, 2.45) is 0 Å². The molecule has 1 aliphatic rings. The van der Waals surface area contributed by atoms with Crippen LogP contribution < -0.4 is 5.73 Å². The number of nitrogens with two attached hydrogens (primary N) is 1. The van der Waals surface area contributed by atoms with Crippen LogP contribution in [0, 0.1) is 0 Å². The average molecular weight is 435 g/mol. The van der Waals surface area contributed by atoms with Gasteiger partial charge in [0.2, 0.25) is 16.9 Å². The van der Waals surface area contributed by atoms with E-state index in [-0.39, 0.29) is 17.0 Å². The van der Waals surface area contributed by atoms with Gasteiger partial charge in [-0.25, -0.2) is 15.0 Å². The van der Waals surface area contributed by atoms with Gasteiger partial charge in [0.05, 0.1) is 6.61 Å². The van der Waals surface area contributed by atoms with E-state index in [2.05, 4.69) is 15.0 Å². The molecule has 13 nitrogen and oxygen atoms in total. The minimum absolute atomic E-state index is 0.0479. The lowest BCUT2D eigenvalue weighted by molar-refractivity contribution is -0.209. The molecular formula is C18H21N5O8. The predicted octanol–water partition coefficient (Wildman–Crippen LogP) is -2.36. The highest BCUT2D eigenvalue weighted by Gasteiger charge is 2.87. The van der Waals surface area contributed by atoms with E-state index in [0.717, 1.165) is 44.9 Å². The van der Waals surface area contributed by atoms with Crippen LogP contribution >= 0.6 is 0 Å². The Labute approximate surface area is 174 Å². The molecule has 0 radical (unpaired) electrons. The molecule has 2 aromatic rings. The molecule has 0 unspecified atom stereocenters. The van der Waals surface area contributed by atoms with Gasteiger partial charge in [0.25, 0.3) is 0 Å². The van der Waals surface area contributed by atoms with Gasteiger partial charge in [-0.05, 0) is 27.7 Å². The van der Waals surface area contributed by atoms with Gasteiger partial charge in [0.1, 0.15) is 18.2 Å². The Balaban J connectivity index is 2.60. The van der Waals surface area contributed by atoms with Crippen molar-refractivity contribution < 1.29 is 39.2 Å². The molecule has 5 N–H and O–H groups in total. The van der Waals surface area contributed by atoms with Crippen molar-refractivity contribution in [1.82, 2.24) is 19.5 Å². The molecule has 0 bridgehead atoms. The summed E-state index contributed by atoms with van der Waals surface area (Å²) in [5.74, 6) is -4.92. The smallest absolute Gasteiger partial charge is 0.248 e. The second kappa shape index (κ2) is 6.68. The van der Waals surface area contributed by atoms with Crippen LogP contribution in [0.1, 0.15) is 27.7 Å². The third-order valence-corrected chi connectivity index (χ3v) is 5.91. The normalized spacial score (nSPS) is 32.9. The summed E-state index contributed by atoms with van der Waals surface area (Å²) in [4.78, 5) is 62.9. The first-order valence-corrected chi connectivity index (χ1v) is 9.03. The van der Waals surface area contributed by atoms with E-state index in [1.807, 2.05) is 0 Å². The van der Waals surface area contributed by atoms with E-state index in [0.29, 0.717) is 0 Å². The second-order valence-electron chi connectivity index (χ2n) is 7.42. The quantitative estimate of drug-likeness (QED) is 0.376. The Hall–Kier alpha value is -3.13. The van der Waals surface area contributed by atoms with E-state index in [9.17, 15) is 34.5 Å². The summed E-state index contributed by atoms with van der Waals surface area (Å²) in [6.07, 6.45) is 1.94. The van der Waals surface area contributed by atoms with E-state index in [1.165, 1.54) is 0 Å². The number of anilines is 1. The number of imidazole rings is 1. The molecule has 0 aromatic carbocycles. The first-order valence-electron chi connectivity index (χ1n) is 9.03. The third-order valence-electron chi connectivity index (χ3n) is 5.91. The van der Waals surface area contributed by atoms with Crippen molar-refractivity contribution in [3.63, 3.8) is 0 Å². The zero-order chi connectivity index (χ0) is 23.6. The molecule has 1 saturated heterocycles. The van der Waals surface area contributed by atoms with Crippen molar-refractivity contribution >= 4 is 40.1 Å². The maximum atomic E-state index is 13.1. The molecule has 0 aliphatic carbocycles. The number of aromatic nitrogens is 4. The number of nitrogen functional groups attached to an aromatic ring is 1. The molecule has 0 saturated carbocycles. The van der Waals surface area contributed by atoms with E-state index >= 15 is 0 Å². The standard InChI is InChI=1S/C18H21N5O8/c1-8(25)15(5-24)16(29,9(2)26)17(30,10(3)27)18(31-15,11(4)28)23-7-22-12-13(19)20-6-21-14(12)23/h6-7,24,29-30H,5H2,1-4H3,(H2,19,20,21)/t15-,16+,17+,18+/m0/s1. The van der Waals surface area contributed by atoms with Crippen molar-refractivity contribution in [2.75, 3.05) is 12.3 Å². The highest BCUT2D eigenvalue weighted by atomic mass is 16.6. The van der Waals surface area contributed by atoms with Crippen LogP contribution in [0.4, 0.5) is 5.82 Å². The number of nitrogens with zero attached hydrogens (tertiary/aromatic N) is 4. The van der Waals surface area contributed by atoms with Crippen molar-refractivity contribution in [1.29, 1.82) is 0 Å². The fourth-order valence-corrected chi connectivity index (χ4v) is 4.36. The van der Waals surface area contributed by atoms with Crippen LogP contribution in [0.15, 0.2) is 12.7 Å². The Morgan fingerprint density at radius 1 is 0.968 bits per heavy atom. The Morgan fingerprint density at radius 3 is 2.00 bits per heavy atom. The molecule has 0 amide bonds. The summed E-state index contributed by atoms with van der Waals surface area (Å²) in [5, 5.41) is 33.3. The van der Waals surface area contributed by atoms with Crippen LogP contribution in [-0.2, 0) is 29.6 Å². The molecule has 3 rings (SSSR count). The van der Waals surface area contributed by atoms with Crippen molar-refractivity contribution in [2.45, 2.75) is 50.2 Å². The molecule has 4 atom stereocenters. The summed E-state index contributed by atoms with van der Waals surface area (Å²) in [7, 11) is 0. The Bertz CT molecular complexity index is 1150. The van der Waals surface area contributed by atoms with Gasteiger partial charge in [-0.3, -0.25) is 23.7 Å². The maximum Gasteiger partial charge on any atom is 0.248 e. The largest absolute Gasteiger partial charge is 0.393 e. The zero-order valence-corrected chi connectivity index (χ0v) is 17.1. The number of carbonyl (C=O) groups excluding carboxylic acids is 4. The predicted molar refractivity (Wildman–Crippen MR) is 101 cm³/mol. The summed E-state index contributed by atoms with van der Waals surface area (Å²) >= 11 is 0. The van der Waals surface area contributed by atoms with Crippen LogP contribution in [0.5, 0.6) is 0 Å². The molecule has 1 aliphatic heterocycles. The number of aliphatic hydroxyl groups is 3. The SMILES string of the molecule is CC(=O)[C@@]1(O)[C@@](O)(C(C)=O)[C@](CO)(C(C)=O)O[C@@]1(C(C)=O)n1cnc2c(N)ncnc21. The molecule has 13 heteroatoms. The van der Waals surface area contributed by atoms with E-state index in [4.69, 9.17) is 10.5 Å². The fourth-order valence-electron chi connectivity index (χ4n) is 4.36. The minimum atomic E-state index is -3.38. The number of fused-ring (bicyclic) bond motifs is 1. The third kappa shape index (κ3) is 2.25. The Morgan fingerprint density at radius 2 is 1.55 bits per heavy atom. The number of Topliss-reactive ketones (excluding diaryl/α,β-unsaturated/α-hetero) is 4. The number of hydrogen-bond acceptors (Lipinski definition) is 12. The van der Waals surface area contributed by atoms with Crippen molar-refractivity contribution in [3.8, 4) is 0 Å². The molecule has 3 heterocycles. The van der Waals surface area contributed by atoms with E-state index < -0.39 is 52.3 Å². The lowest BCUT2D eigenvalue weighted by Crippen LogP contribution is -2.75. The second-order valence-corrected chi connectivity index (χ2v) is 7.42. The van der Waals surface area contributed by atoms with Gasteiger partial charge < -0.3 is 25.8 Å². The van der Waals surface area contributed by atoms with Gasteiger partial charge >= 0.3 is 0 Å². The van der Waals surface area contributed by atoms with Crippen LogP contribution in [0.3, 0.4) is 0 Å². The summed E-state index contributed by atoms with van der Waals surface area (Å²) in [6.45, 7) is 2.01. The lowest BCUT2D eigenvalue weighted by Gasteiger charge is -2.43. The maximum absolute atomic E-state index is 13.1. The zero-order valence-electron chi connectivity index (χ0n) is 17.1. The summed E-state index contributed by atoms with van der Waals surface area (Å²) in [6, 6.07) is 0. The average Bonchev–Trinajstić information content (AvgIpc) is 3.20. The molecule has 166 valence electrons. The first-order chi connectivity index (χ1) is 14.3. The van der Waals surface area contributed by atoms with Gasteiger partial charge in [-0.1, -0.05) is 0 Å².